The van der Waals surface area contributed by atoms with Gasteiger partial charge in [-0.25, -0.2) is 0 Å². The number of aromatic nitrogens is 3. The molecule has 0 radical (unpaired) electrons. The number of hydrogen-bond donors (Lipinski definition) is 1. The van der Waals surface area contributed by atoms with Gasteiger partial charge in [-0.1, -0.05) is 47.7 Å². The average Bonchev–Trinajstić information content (AvgIpc) is 3.19. The first-order valence-corrected chi connectivity index (χ1v) is 11.3. The van der Waals surface area contributed by atoms with E-state index >= 15 is 0 Å². The predicted octanol–water partition coefficient (Wildman–Crippen LogP) is 4.69. The Hall–Kier alpha value is -2.80. The van der Waals surface area contributed by atoms with Crippen molar-refractivity contribution in [1.29, 1.82) is 0 Å². The number of hydrogen-bond acceptors (Lipinski definition) is 5. The number of nitrogens with zero attached hydrogens (tertiary/aromatic N) is 4. The van der Waals surface area contributed by atoms with Gasteiger partial charge in [0.1, 0.15) is 0 Å². The number of piperidine rings is 1. The van der Waals surface area contributed by atoms with E-state index < -0.39 is 0 Å². The number of aryl methyl sites for hydroxylation is 1. The minimum absolute atomic E-state index is 0.0517. The molecule has 1 amide bonds. The molecule has 1 fully saturated rings. The number of benzene rings is 2. The van der Waals surface area contributed by atoms with E-state index in [1.807, 2.05) is 37.3 Å². The summed E-state index contributed by atoms with van der Waals surface area (Å²) in [5.41, 5.74) is 3.02. The molecule has 1 saturated heterocycles. The van der Waals surface area contributed by atoms with Crippen LogP contribution in [0, 0.1) is 6.92 Å². The zero-order valence-corrected chi connectivity index (χ0v) is 18.2. The van der Waals surface area contributed by atoms with Crippen molar-refractivity contribution in [2.75, 3.05) is 23.3 Å². The maximum absolute atomic E-state index is 12.7. The summed E-state index contributed by atoms with van der Waals surface area (Å²) < 4.78 is 2.09. The molecular weight excluding hydrogens is 394 g/mol. The summed E-state index contributed by atoms with van der Waals surface area (Å²) >= 11 is 1.43. The maximum Gasteiger partial charge on any atom is 0.237 e. The summed E-state index contributed by atoms with van der Waals surface area (Å²) in [5, 5.41) is 12.4. The molecule has 0 aliphatic carbocycles. The number of para-hydroxylation sites is 1. The minimum Gasteiger partial charge on any atom is -0.341 e. The van der Waals surface area contributed by atoms with Crippen LogP contribution in [0.15, 0.2) is 59.8 Å². The van der Waals surface area contributed by atoms with Crippen molar-refractivity contribution in [2.45, 2.75) is 43.5 Å². The largest absolute Gasteiger partial charge is 0.341 e. The van der Waals surface area contributed by atoms with Gasteiger partial charge in [-0.15, -0.1) is 10.2 Å². The Bertz CT molecular complexity index is 981. The lowest BCUT2D eigenvalue weighted by Gasteiger charge is -2.28. The van der Waals surface area contributed by atoms with Crippen molar-refractivity contribution < 1.29 is 4.79 Å². The van der Waals surface area contributed by atoms with Crippen LogP contribution in [0.2, 0.25) is 0 Å². The Kier molecular flexibility index (Phi) is 6.38. The number of carbonyl (C=O) groups excluding carboxylic acids is 1. The third-order valence-corrected chi connectivity index (χ3v) is 6.28. The monoisotopic (exact) mass is 421 g/mol. The lowest BCUT2D eigenvalue weighted by molar-refractivity contribution is -0.115. The van der Waals surface area contributed by atoms with Gasteiger partial charge < -0.3 is 10.2 Å². The van der Waals surface area contributed by atoms with Crippen LogP contribution in [-0.4, -0.2) is 39.0 Å². The van der Waals surface area contributed by atoms with Crippen molar-refractivity contribution in [1.82, 2.24) is 14.8 Å². The highest BCUT2D eigenvalue weighted by Crippen LogP contribution is 2.31. The van der Waals surface area contributed by atoms with E-state index in [2.05, 4.69) is 56.2 Å². The van der Waals surface area contributed by atoms with E-state index in [1.54, 1.807) is 0 Å². The van der Waals surface area contributed by atoms with Crippen LogP contribution >= 0.6 is 11.8 Å². The zero-order chi connectivity index (χ0) is 20.9. The molecule has 1 atom stereocenters. The maximum atomic E-state index is 12.7. The molecule has 0 spiro atoms. The third-order valence-electron chi connectivity index (χ3n) is 5.24. The summed E-state index contributed by atoms with van der Waals surface area (Å²) in [4.78, 5) is 15.0. The molecule has 0 bridgehead atoms. The Morgan fingerprint density at radius 2 is 1.70 bits per heavy atom. The van der Waals surface area contributed by atoms with Gasteiger partial charge in [0.25, 0.3) is 0 Å². The second kappa shape index (κ2) is 9.34. The highest BCUT2D eigenvalue weighted by molar-refractivity contribution is 8.00. The second-order valence-corrected chi connectivity index (χ2v) is 8.92. The number of thioether (sulfide) groups is 1. The third kappa shape index (κ3) is 4.67. The smallest absolute Gasteiger partial charge is 0.237 e. The fourth-order valence-electron chi connectivity index (χ4n) is 3.53. The van der Waals surface area contributed by atoms with Crippen LogP contribution in [0.5, 0.6) is 0 Å². The van der Waals surface area contributed by atoms with Gasteiger partial charge in [-0.05, 0) is 57.4 Å². The van der Waals surface area contributed by atoms with Gasteiger partial charge in [-0.3, -0.25) is 9.36 Å². The number of rotatable bonds is 6. The summed E-state index contributed by atoms with van der Waals surface area (Å²) in [5.74, 6) is 0.806. The lowest BCUT2D eigenvalue weighted by atomic mass is 10.1. The van der Waals surface area contributed by atoms with Gasteiger partial charge in [0.05, 0.1) is 10.9 Å². The van der Waals surface area contributed by atoms with E-state index in [9.17, 15) is 4.79 Å². The van der Waals surface area contributed by atoms with E-state index in [0.29, 0.717) is 0 Å². The van der Waals surface area contributed by atoms with Crippen molar-refractivity contribution in [2.24, 2.45) is 0 Å². The second-order valence-electron chi connectivity index (χ2n) is 7.62. The fourth-order valence-corrected chi connectivity index (χ4v) is 4.40. The van der Waals surface area contributed by atoms with E-state index in [4.69, 9.17) is 0 Å². The summed E-state index contributed by atoms with van der Waals surface area (Å²) in [6.07, 6.45) is 3.59. The summed E-state index contributed by atoms with van der Waals surface area (Å²) in [7, 11) is 0. The molecule has 1 aliphatic rings. The topological polar surface area (TPSA) is 63.1 Å². The molecule has 1 N–H and O–H groups in total. The van der Waals surface area contributed by atoms with Crippen LogP contribution in [0.4, 0.5) is 11.6 Å². The van der Waals surface area contributed by atoms with Gasteiger partial charge >= 0.3 is 0 Å². The molecule has 6 nitrogen and oxygen atoms in total. The molecule has 4 rings (SSSR count). The molecule has 1 aromatic heterocycles. The number of carbonyl (C=O) groups is 1. The molecule has 7 heteroatoms. The highest BCUT2D eigenvalue weighted by Gasteiger charge is 2.24. The Morgan fingerprint density at radius 1 is 1.00 bits per heavy atom. The molecule has 3 aromatic rings. The summed E-state index contributed by atoms with van der Waals surface area (Å²) in [6.45, 7) is 5.95. The quantitative estimate of drug-likeness (QED) is 0.585. The molecule has 1 aliphatic heterocycles. The molecule has 1 unspecified atom stereocenters. The van der Waals surface area contributed by atoms with Crippen molar-refractivity contribution in [3.05, 3.63) is 60.2 Å². The lowest BCUT2D eigenvalue weighted by Crippen LogP contribution is -2.31. The van der Waals surface area contributed by atoms with Gasteiger partial charge in [-0.2, -0.15) is 0 Å². The normalized spacial score (nSPS) is 15.1. The molecule has 2 aromatic carbocycles. The fraction of sp³-hybridized carbons (Fsp3) is 0.348. The molecular formula is C23H27N5OS. The molecule has 30 heavy (non-hydrogen) atoms. The standard InChI is InChI=1S/C23H27N5OS/c1-17-11-13-20(14-12-17)28-22(27-15-7-4-8-16-27)25-26-23(28)30-18(2)21(29)24-19-9-5-3-6-10-19/h3,5-6,9-14,18H,4,7-8,15-16H2,1-2H3,(H,24,29). The van der Waals surface area contributed by atoms with Gasteiger partial charge in [0, 0.05) is 18.8 Å². The molecule has 2 heterocycles. The Balaban J connectivity index is 1.59. The van der Waals surface area contributed by atoms with Crippen LogP contribution in [0.25, 0.3) is 5.69 Å². The van der Waals surface area contributed by atoms with E-state index in [0.717, 1.165) is 35.6 Å². The Labute approximate surface area is 181 Å². The molecule has 0 saturated carbocycles. The highest BCUT2D eigenvalue weighted by atomic mass is 32.2. The van der Waals surface area contributed by atoms with Gasteiger partial charge in [0.2, 0.25) is 11.9 Å². The molecule has 156 valence electrons. The first kappa shape index (κ1) is 20.5. The zero-order valence-electron chi connectivity index (χ0n) is 17.4. The summed E-state index contributed by atoms with van der Waals surface area (Å²) in [6, 6.07) is 17.9. The van der Waals surface area contributed by atoms with Crippen molar-refractivity contribution in [3.63, 3.8) is 0 Å². The minimum atomic E-state index is -0.312. The number of nitrogens with one attached hydrogen (secondary N) is 1. The SMILES string of the molecule is Cc1ccc(-n2c(SC(C)C(=O)Nc3ccccc3)nnc2N2CCCCC2)cc1. The predicted molar refractivity (Wildman–Crippen MR) is 123 cm³/mol. The first-order chi connectivity index (χ1) is 14.6. The Morgan fingerprint density at radius 3 is 2.40 bits per heavy atom. The van der Waals surface area contributed by atoms with Crippen LogP contribution in [0.1, 0.15) is 31.7 Å². The van der Waals surface area contributed by atoms with Crippen LogP contribution in [-0.2, 0) is 4.79 Å². The van der Waals surface area contributed by atoms with Crippen LogP contribution in [0.3, 0.4) is 0 Å². The number of anilines is 2. The van der Waals surface area contributed by atoms with Crippen LogP contribution < -0.4 is 10.2 Å². The average molecular weight is 422 g/mol. The van der Waals surface area contributed by atoms with Crippen molar-refractivity contribution in [3.8, 4) is 5.69 Å². The van der Waals surface area contributed by atoms with Gasteiger partial charge in [0.15, 0.2) is 5.16 Å². The van der Waals surface area contributed by atoms with Crippen molar-refractivity contribution >= 4 is 29.3 Å². The first-order valence-electron chi connectivity index (χ1n) is 10.4. The van der Waals surface area contributed by atoms with E-state index in [1.165, 1.54) is 36.6 Å². The van der Waals surface area contributed by atoms with E-state index in [-0.39, 0.29) is 11.2 Å². The number of amides is 1.